The predicted octanol–water partition coefficient (Wildman–Crippen LogP) is 2.69. The van der Waals surface area contributed by atoms with Crippen LogP contribution in [0.4, 0.5) is 0 Å². The van der Waals surface area contributed by atoms with Crippen molar-refractivity contribution in [3.8, 4) is 16.9 Å². The van der Waals surface area contributed by atoms with Crippen LogP contribution < -0.4 is 0 Å². The lowest BCUT2D eigenvalue weighted by atomic mass is 10.1. The number of hydrogen-bond acceptors (Lipinski definition) is 4. The minimum atomic E-state index is -3.60. The van der Waals surface area contributed by atoms with E-state index < -0.39 is 15.6 Å². The third kappa shape index (κ3) is 3.99. The highest BCUT2D eigenvalue weighted by Crippen LogP contribution is 2.25. The number of rotatable bonds is 6. The molecule has 7 heteroatoms. The minimum Gasteiger partial charge on any atom is -0.342 e. The molecule has 1 amide bonds. The average Bonchev–Trinajstić information content (AvgIpc) is 3.04. The fraction of sp³-hybridized carbons (Fsp3) is 0.238. The molecule has 0 aliphatic carbocycles. The molecule has 1 aliphatic heterocycles. The summed E-state index contributed by atoms with van der Waals surface area (Å²) in [6, 6.07) is 19.0. The normalized spacial score (nSPS) is 13.9. The molecular formula is C21H21N3O3S. The van der Waals surface area contributed by atoms with Gasteiger partial charge in [0.2, 0.25) is 5.91 Å². The fourth-order valence-corrected chi connectivity index (χ4v) is 4.55. The Morgan fingerprint density at radius 1 is 0.964 bits per heavy atom. The van der Waals surface area contributed by atoms with Crippen molar-refractivity contribution in [2.75, 3.05) is 18.8 Å². The van der Waals surface area contributed by atoms with Gasteiger partial charge in [-0.1, -0.05) is 48.5 Å². The second-order valence-electron chi connectivity index (χ2n) is 6.92. The molecule has 0 spiro atoms. The Kier molecular flexibility index (Phi) is 5.00. The van der Waals surface area contributed by atoms with Gasteiger partial charge >= 0.3 is 0 Å². The molecule has 0 radical (unpaired) electrons. The van der Waals surface area contributed by atoms with Crippen molar-refractivity contribution in [3.63, 3.8) is 0 Å². The number of nitrogens with zero attached hydrogens (tertiary/aromatic N) is 3. The van der Waals surface area contributed by atoms with Crippen LogP contribution in [0, 0.1) is 0 Å². The zero-order chi connectivity index (χ0) is 19.6. The van der Waals surface area contributed by atoms with Gasteiger partial charge in [-0.25, -0.2) is 13.1 Å². The van der Waals surface area contributed by atoms with Crippen molar-refractivity contribution in [3.05, 3.63) is 72.4 Å². The maximum Gasteiger partial charge on any atom is 0.237 e. The Balaban J connectivity index is 1.66. The summed E-state index contributed by atoms with van der Waals surface area (Å²) in [6.45, 7) is 1.30. The maximum absolute atomic E-state index is 12.7. The highest BCUT2D eigenvalue weighted by atomic mass is 32.2. The molecule has 2 heterocycles. The van der Waals surface area contributed by atoms with Gasteiger partial charge < -0.3 is 4.90 Å². The minimum absolute atomic E-state index is 0.219. The predicted molar refractivity (Wildman–Crippen MR) is 108 cm³/mol. The molecule has 144 valence electrons. The summed E-state index contributed by atoms with van der Waals surface area (Å²) in [6.07, 6.45) is 2.68. The molecule has 2 aromatic carbocycles. The van der Waals surface area contributed by atoms with Crippen LogP contribution in [0.1, 0.15) is 12.0 Å². The number of carbonyl (C=O) groups excluding carboxylic acids is 1. The van der Waals surface area contributed by atoms with E-state index in [0.29, 0.717) is 24.3 Å². The van der Waals surface area contributed by atoms with Gasteiger partial charge in [-0.05, 0) is 18.6 Å². The third-order valence-electron chi connectivity index (χ3n) is 4.79. The third-order valence-corrected chi connectivity index (χ3v) is 6.22. The van der Waals surface area contributed by atoms with E-state index >= 15 is 0 Å². The van der Waals surface area contributed by atoms with Gasteiger partial charge in [-0.15, -0.1) is 0 Å². The standard InChI is InChI=1S/C21H21N3O3S/c25-20(23-12-7-13-23)16-28(26,27)15-18-14-24(19-10-5-2-6-11-19)22-21(18)17-8-3-1-4-9-17/h1-6,8-11,14H,7,12-13,15-16H2. The number of sulfone groups is 1. The van der Waals surface area contributed by atoms with Crippen LogP contribution in [0.5, 0.6) is 0 Å². The summed E-state index contributed by atoms with van der Waals surface area (Å²) in [7, 11) is -3.60. The highest BCUT2D eigenvalue weighted by molar-refractivity contribution is 7.91. The summed E-state index contributed by atoms with van der Waals surface area (Å²) >= 11 is 0. The Morgan fingerprint density at radius 3 is 2.21 bits per heavy atom. The van der Waals surface area contributed by atoms with Crippen LogP contribution >= 0.6 is 0 Å². The summed E-state index contributed by atoms with van der Waals surface area (Å²) < 4.78 is 27.1. The van der Waals surface area contributed by atoms with Crippen molar-refractivity contribution in [2.45, 2.75) is 12.2 Å². The van der Waals surface area contributed by atoms with E-state index in [4.69, 9.17) is 0 Å². The molecule has 1 saturated heterocycles. The second kappa shape index (κ2) is 7.59. The van der Waals surface area contributed by atoms with Gasteiger partial charge in [0.05, 0.1) is 17.1 Å². The van der Waals surface area contributed by atoms with Gasteiger partial charge in [-0.2, -0.15) is 5.10 Å². The van der Waals surface area contributed by atoms with Crippen molar-refractivity contribution in [1.29, 1.82) is 0 Å². The van der Waals surface area contributed by atoms with Crippen molar-refractivity contribution >= 4 is 15.7 Å². The molecule has 1 fully saturated rings. The number of carbonyl (C=O) groups is 1. The number of amides is 1. The van der Waals surface area contributed by atoms with Crippen LogP contribution in [0.2, 0.25) is 0 Å². The molecule has 0 saturated carbocycles. The lowest BCUT2D eigenvalue weighted by Gasteiger charge is -2.30. The smallest absolute Gasteiger partial charge is 0.237 e. The Morgan fingerprint density at radius 2 is 1.61 bits per heavy atom. The first-order valence-corrected chi connectivity index (χ1v) is 11.0. The lowest BCUT2D eigenvalue weighted by Crippen LogP contribution is -2.44. The lowest BCUT2D eigenvalue weighted by molar-refractivity contribution is -0.131. The monoisotopic (exact) mass is 395 g/mol. The van der Waals surface area contributed by atoms with E-state index in [1.54, 1.807) is 15.8 Å². The highest BCUT2D eigenvalue weighted by Gasteiger charge is 2.27. The number of aromatic nitrogens is 2. The largest absolute Gasteiger partial charge is 0.342 e. The number of likely N-dealkylation sites (tertiary alicyclic amines) is 1. The SMILES string of the molecule is O=C(CS(=O)(=O)Cc1cn(-c2ccccc2)nc1-c1ccccc1)N1CCC1. The van der Waals surface area contributed by atoms with E-state index in [9.17, 15) is 13.2 Å². The van der Waals surface area contributed by atoms with E-state index in [1.165, 1.54) is 0 Å². The zero-order valence-corrected chi connectivity index (χ0v) is 16.2. The van der Waals surface area contributed by atoms with E-state index in [0.717, 1.165) is 17.7 Å². The first kappa shape index (κ1) is 18.4. The Bertz CT molecular complexity index is 1070. The van der Waals surface area contributed by atoms with Gasteiger partial charge in [0.1, 0.15) is 5.75 Å². The van der Waals surface area contributed by atoms with Crippen LogP contribution in [0.15, 0.2) is 66.9 Å². The molecular weight excluding hydrogens is 374 g/mol. The molecule has 28 heavy (non-hydrogen) atoms. The molecule has 6 nitrogen and oxygen atoms in total. The van der Waals surface area contributed by atoms with Gasteiger partial charge in [0.25, 0.3) is 0 Å². The molecule has 0 bridgehead atoms. The summed E-state index contributed by atoms with van der Waals surface area (Å²) in [5.41, 5.74) is 2.90. The summed E-state index contributed by atoms with van der Waals surface area (Å²) in [4.78, 5) is 13.7. The first-order chi connectivity index (χ1) is 13.5. The number of para-hydroxylation sites is 1. The van der Waals surface area contributed by atoms with Crippen molar-refractivity contribution in [1.82, 2.24) is 14.7 Å². The molecule has 0 N–H and O–H groups in total. The van der Waals surface area contributed by atoms with Crippen molar-refractivity contribution < 1.29 is 13.2 Å². The van der Waals surface area contributed by atoms with Gasteiger partial charge in [0, 0.05) is 30.4 Å². The Labute approximate surface area is 164 Å². The molecule has 4 rings (SSSR count). The Hall–Kier alpha value is -2.93. The first-order valence-electron chi connectivity index (χ1n) is 9.19. The van der Waals surface area contributed by atoms with E-state index in [2.05, 4.69) is 5.10 Å². The molecule has 1 aromatic heterocycles. The van der Waals surface area contributed by atoms with Crippen LogP contribution in [-0.4, -0.2) is 47.8 Å². The van der Waals surface area contributed by atoms with Gasteiger partial charge in [0.15, 0.2) is 9.84 Å². The molecule has 3 aromatic rings. The van der Waals surface area contributed by atoms with Crippen LogP contribution in [0.25, 0.3) is 16.9 Å². The van der Waals surface area contributed by atoms with E-state index in [-0.39, 0.29) is 11.7 Å². The molecule has 0 atom stereocenters. The topological polar surface area (TPSA) is 72.3 Å². The number of hydrogen-bond donors (Lipinski definition) is 0. The van der Waals surface area contributed by atoms with Crippen molar-refractivity contribution in [2.24, 2.45) is 0 Å². The molecule has 0 unspecified atom stereocenters. The van der Waals surface area contributed by atoms with E-state index in [1.807, 2.05) is 60.7 Å². The quantitative estimate of drug-likeness (QED) is 0.643. The molecule has 1 aliphatic rings. The van der Waals surface area contributed by atoms with Gasteiger partial charge in [-0.3, -0.25) is 4.79 Å². The average molecular weight is 395 g/mol. The number of benzene rings is 2. The fourth-order valence-electron chi connectivity index (χ4n) is 3.20. The summed E-state index contributed by atoms with van der Waals surface area (Å²) in [5.74, 6) is -0.996. The maximum atomic E-state index is 12.7. The van der Waals surface area contributed by atoms with Crippen LogP contribution in [0.3, 0.4) is 0 Å². The van der Waals surface area contributed by atoms with Crippen LogP contribution in [-0.2, 0) is 20.4 Å². The second-order valence-corrected chi connectivity index (χ2v) is 8.98. The zero-order valence-electron chi connectivity index (χ0n) is 15.4. The summed E-state index contributed by atoms with van der Waals surface area (Å²) in [5, 5.41) is 4.63.